The van der Waals surface area contributed by atoms with Gasteiger partial charge in [-0.1, -0.05) is 18.2 Å². The Kier molecular flexibility index (Phi) is 1.91. The quantitative estimate of drug-likeness (QED) is 0.631. The second-order valence-corrected chi connectivity index (χ2v) is 2.87. The standard InChI is InChI=1S/C10H6F3N/c11-10(12,13)8-5-6-14-9-4-2-1-3-7(8)9/h1-6H. The molecule has 0 N–H and O–H groups in total. The fraction of sp³-hybridized carbons (Fsp3) is 0.100. The molecular formula is C10H6F3N. The maximum atomic E-state index is 12.5. The molecule has 0 saturated heterocycles. The van der Waals surface area contributed by atoms with Crippen LogP contribution in [0.4, 0.5) is 13.2 Å². The van der Waals surface area contributed by atoms with Gasteiger partial charge in [-0.05, 0) is 12.1 Å². The van der Waals surface area contributed by atoms with Crippen LogP contribution in [0, 0.1) is 0 Å². The van der Waals surface area contributed by atoms with Crippen molar-refractivity contribution in [2.24, 2.45) is 0 Å². The molecule has 0 aliphatic rings. The summed E-state index contributed by atoms with van der Waals surface area (Å²) in [7, 11) is 0. The van der Waals surface area contributed by atoms with E-state index in [4.69, 9.17) is 0 Å². The number of aromatic nitrogens is 1. The van der Waals surface area contributed by atoms with E-state index in [-0.39, 0.29) is 5.39 Å². The van der Waals surface area contributed by atoms with Crippen molar-refractivity contribution in [1.82, 2.24) is 4.98 Å². The van der Waals surface area contributed by atoms with E-state index in [9.17, 15) is 13.2 Å². The fourth-order valence-corrected chi connectivity index (χ4v) is 1.34. The molecular weight excluding hydrogens is 191 g/mol. The number of fused-ring (bicyclic) bond motifs is 1. The van der Waals surface area contributed by atoms with Crippen LogP contribution in [0.15, 0.2) is 36.5 Å². The summed E-state index contributed by atoms with van der Waals surface area (Å²) in [5.41, 5.74) is -0.273. The Bertz CT molecular complexity index is 457. The van der Waals surface area contributed by atoms with Crippen molar-refractivity contribution in [2.45, 2.75) is 6.18 Å². The summed E-state index contributed by atoms with van der Waals surface area (Å²) < 4.78 is 37.5. The number of pyridine rings is 1. The first-order valence-corrected chi connectivity index (χ1v) is 4.00. The normalized spacial score (nSPS) is 11.9. The van der Waals surface area contributed by atoms with Crippen molar-refractivity contribution in [3.05, 3.63) is 42.1 Å². The molecule has 0 aliphatic carbocycles. The van der Waals surface area contributed by atoms with E-state index in [1.165, 1.54) is 12.3 Å². The number of rotatable bonds is 0. The van der Waals surface area contributed by atoms with Gasteiger partial charge < -0.3 is 0 Å². The Morgan fingerprint density at radius 1 is 1.00 bits per heavy atom. The van der Waals surface area contributed by atoms with Crippen LogP contribution in [0.2, 0.25) is 0 Å². The molecule has 72 valence electrons. The highest BCUT2D eigenvalue weighted by atomic mass is 19.4. The van der Waals surface area contributed by atoms with Gasteiger partial charge >= 0.3 is 6.18 Å². The molecule has 4 heteroatoms. The second kappa shape index (κ2) is 2.97. The van der Waals surface area contributed by atoms with E-state index in [1.807, 2.05) is 0 Å². The van der Waals surface area contributed by atoms with Crippen molar-refractivity contribution in [1.29, 1.82) is 0 Å². The molecule has 1 aromatic carbocycles. The topological polar surface area (TPSA) is 12.9 Å². The summed E-state index contributed by atoms with van der Waals surface area (Å²) in [6.07, 6.45) is -3.15. The molecule has 0 spiro atoms. The van der Waals surface area contributed by atoms with Gasteiger partial charge in [-0.2, -0.15) is 13.2 Å². The van der Waals surface area contributed by atoms with Gasteiger partial charge in [-0.3, -0.25) is 4.98 Å². The second-order valence-electron chi connectivity index (χ2n) is 2.87. The van der Waals surface area contributed by atoms with E-state index in [2.05, 4.69) is 4.98 Å². The number of nitrogens with zero attached hydrogens (tertiary/aromatic N) is 1. The molecule has 14 heavy (non-hydrogen) atoms. The zero-order valence-electron chi connectivity index (χ0n) is 7.05. The highest BCUT2D eigenvalue weighted by Crippen LogP contribution is 2.33. The van der Waals surface area contributed by atoms with Gasteiger partial charge in [-0.15, -0.1) is 0 Å². The van der Waals surface area contributed by atoms with Crippen molar-refractivity contribution in [3.63, 3.8) is 0 Å². The monoisotopic (exact) mass is 197 g/mol. The fourth-order valence-electron chi connectivity index (χ4n) is 1.34. The Labute approximate surface area is 78.2 Å². The molecule has 0 atom stereocenters. The Balaban J connectivity index is 2.78. The lowest BCUT2D eigenvalue weighted by atomic mass is 10.1. The van der Waals surface area contributed by atoms with E-state index >= 15 is 0 Å². The average molecular weight is 197 g/mol. The molecule has 0 unspecified atom stereocenters. The van der Waals surface area contributed by atoms with E-state index < -0.39 is 11.7 Å². The first-order valence-electron chi connectivity index (χ1n) is 4.00. The third-order valence-corrected chi connectivity index (χ3v) is 1.95. The van der Waals surface area contributed by atoms with Crippen LogP contribution >= 0.6 is 0 Å². The van der Waals surface area contributed by atoms with Crippen molar-refractivity contribution in [3.8, 4) is 0 Å². The van der Waals surface area contributed by atoms with Gasteiger partial charge in [-0.25, -0.2) is 0 Å². The zero-order valence-corrected chi connectivity index (χ0v) is 7.05. The number of halogens is 3. The third kappa shape index (κ3) is 1.43. The average Bonchev–Trinajstić information content (AvgIpc) is 2.15. The lowest BCUT2D eigenvalue weighted by Crippen LogP contribution is -2.05. The largest absolute Gasteiger partial charge is 0.417 e. The molecule has 1 nitrogen and oxygen atoms in total. The van der Waals surface area contributed by atoms with E-state index in [0.717, 1.165) is 6.07 Å². The zero-order chi connectivity index (χ0) is 10.2. The van der Waals surface area contributed by atoms with Crippen LogP contribution in [0.25, 0.3) is 10.9 Å². The number of benzene rings is 1. The van der Waals surface area contributed by atoms with Crippen molar-refractivity contribution in [2.75, 3.05) is 0 Å². The Hall–Kier alpha value is -1.58. The van der Waals surface area contributed by atoms with Gasteiger partial charge in [0.05, 0.1) is 11.1 Å². The van der Waals surface area contributed by atoms with Crippen LogP contribution in [-0.2, 0) is 6.18 Å². The molecule has 2 aromatic rings. The van der Waals surface area contributed by atoms with Crippen LogP contribution < -0.4 is 0 Å². The van der Waals surface area contributed by atoms with Gasteiger partial charge in [0, 0.05) is 11.6 Å². The molecule has 1 aromatic heterocycles. The molecule has 0 saturated carbocycles. The van der Waals surface area contributed by atoms with Crippen LogP contribution in [-0.4, -0.2) is 4.98 Å². The summed E-state index contributed by atoms with van der Waals surface area (Å²) in [6.45, 7) is 0. The van der Waals surface area contributed by atoms with Crippen LogP contribution in [0.1, 0.15) is 5.56 Å². The molecule has 1 heterocycles. The highest BCUT2D eigenvalue weighted by Gasteiger charge is 2.32. The number of hydrogen-bond acceptors (Lipinski definition) is 1. The lowest BCUT2D eigenvalue weighted by Gasteiger charge is -2.08. The van der Waals surface area contributed by atoms with Gasteiger partial charge in [0.25, 0.3) is 0 Å². The summed E-state index contributed by atoms with van der Waals surface area (Å²) >= 11 is 0. The number of hydrogen-bond donors (Lipinski definition) is 0. The minimum Gasteiger partial charge on any atom is -0.256 e. The summed E-state index contributed by atoms with van der Waals surface area (Å²) in [5.74, 6) is 0. The van der Waals surface area contributed by atoms with Crippen LogP contribution in [0.3, 0.4) is 0 Å². The maximum Gasteiger partial charge on any atom is 0.417 e. The predicted octanol–water partition coefficient (Wildman–Crippen LogP) is 3.25. The van der Waals surface area contributed by atoms with Gasteiger partial charge in [0.15, 0.2) is 0 Å². The highest BCUT2D eigenvalue weighted by molar-refractivity contribution is 5.82. The van der Waals surface area contributed by atoms with Gasteiger partial charge in [0.1, 0.15) is 0 Å². The number of alkyl halides is 3. The van der Waals surface area contributed by atoms with E-state index in [1.54, 1.807) is 18.2 Å². The van der Waals surface area contributed by atoms with Crippen LogP contribution in [0.5, 0.6) is 0 Å². The smallest absolute Gasteiger partial charge is 0.256 e. The first kappa shape index (κ1) is 8.99. The first-order chi connectivity index (χ1) is 6.59. The van der Waals surface area contributed by atoms with Gasteiger partial charge in [0.2, 0.25) is 0 Å². The summed E-state index contributed by atoms with van der Waals surface area (Å²) in [4.78, 5) is 3.86. The molecule has 0 bridgehead atoms. The molecule has 0 amide bonds. The minimum atomic E-state index is -4.32. The van der Waals surface area contributed by atoms with Crippen molar-refractivity contribution < 1.29 is 13.2 Å². The lowest BCUT2D eigenvalue weighted by molar-refractivity contribution is -0.136. The third-order valence-electron chi connectivity index (χ3n) is 1.95. The molecule has 2 rings (SSSR count). The summed E-state index contributed by atoms with van der Waals surface area (Å²) in [5, 5.41) is 0.141. The predicted molar refractivity (Wildman–Crippen MR) is 46.7 cm³/mol. The molecule has 0 aliphatic heterocycles. The Morgan fingerprint density at radius 3 is 2.43 bits per heavy atom. The maximum absolute atomic E-state index is 12.5. The SMILES string of the molecule is FC(F)(F)c1ccnc2ccccc12. The molecule has 0 radical (unpaired) electrons. The number of para-hydroxylation sites is 1. The molecule has 0 fully saturated rings. The minimum absolute atomic E-state index is 0.141. The summed E-state index contributed by atoms with van der Waals surface area (Å²) in [6, 6.07) is 7.20. The van der Waals surface area contributed by atoms with E-state index in [0.29, 0.717) is 5.52 Å². The van der Waals surface area contributed by atoms with Crippen molar-refractivity contribution >= 4 is 10.9 Å². The Morgan fingerprint density at radius 2 is 1.71 bits per heavy atom.